The third-order valence-electron chi connectivity index (χ3n) is 5.68. The highest BCUT2D eigenvalue weighted by Crippen LogP contribution is 2.37. The first-order valence-electron chi connectivity index (χ1n) is 11.9. The maximum Gasteiger partial charge on any atom is 0.255 e. The number of nitrogens with zero attached hydrogens (tertiary/aromatic N) is 1. The Morgan fingerprint density at radius 1 is 0.821 bits per heavy atom. The normalized spacial score (nSPS) is 11.5. The van der Waals surface area contributed by atoms with E-state index < -0.39 is 5.25 Å². The van der Waals surface area contributed by atoms with Gasteiger partial charge in [-0.05, 0) is 54.1 Å². The van der Waals surface area contributed by atoms with E-state index in [2.05, 4.69) is 15.6 Å². The third kappa shape index (κ3) is 6.88. The van der Waals surface area contributed by atoms with Crippen LogP contribution >= 0.6 is 46.3 Å². The second-order valence-electron chi connectivity index (χ2n) is 8.40. The standard InChI is InChI=1S/C30H21Cl2N3O2S2/c31-21-10-6-9-20(17-21)28(36)33-22-13-15-23(16-14-22)39-27(19-7-2-1-3-8-19)29(37)35-30-34-26(18-38-30)24-11-4-5-12-25(24)32/h1-18,27H,(H,33,36)(H,34,35,37). The Kier molecular flexibility index (Phi) is 8.64. The number of halogens is 2. The number of anilines is 2. The second kappa shape index (κ2) is 12.5. The Hall–Kier alpha value is -3.62. The molecule has 194 valence electrons. The molecular weight excluding hydrogens is 569 g/mol. The third-order valence-corrected chi connectivity index (χ3v) is 8.27. The highest BCUT2D eigenvalue weighted by Gasteiger charge is 2.23. The topological polar surface area (TPSA) is 71.1 Å². The quantitative estimate of drug-likeness (QED) is 0.177. The van der Waals surface area contributed by atoms with E-state index in [1.54, 1.807) is 36.4 Å². The van der Waals surface area contributed by atoms with Gasteiger partial charge in [-0.2, -0.15) is 0 Å². The lowest BCUT2D eigenvalue weighted by atomic mass is 10.1. The summed E-state index contributed by atoms with van der Waals surface area (Å²) in [6.07, 6.45) is 0. The van der Waals surface area contributed by atoms with Crippen LogP contribution in [0.25, 0.3) is 11.3 Å². The molecule has 0 fully saturated rings. The van der Waals surface area contributed by atoms with E-state index in [-0.39, 0.29) is 11.8 Å². The van der Waals surface area contributed by atoms with Gasteiger partial charge in [0.25, 0.3) is 5.91 Å². The summed E-state index contributed by atoms with van der Waals surface area (Å²) in [7, 11) is 0. The highest BCUT2D eigenvalue weighted by atomic mass is 35.5. The van der Waals surface area contributed by atoms with Crippen LogP contribution in [0, 0.1) is 0 Å². The molecule has 0 radical (unpaired) electrons. The molecule has 0 aliphatic carbocycles. The van der Waals surface area contributed by atoms with Gasteiger partial charge in [0.15, 0.2) is 5.13 Å². The van der Waals surface area contributed by atoms with E-state index in [0.29, 0.717) is 32.1 Å². The van der Waals surface area contributed by atoms with Crippen molar-refractivity contribution >= 4 is 68.9 Å². The van der Waals surface area contributed by atoms with Crippen molar-refractivity contribution in [1.82, 2.24) is 4.98 Å². The van der Waals surface area contributed by atoms with Gasteiger partial charge in [0, 0.05) is 37.1 Å². The minimum atomic E-state index is -0.522. The Bertz CT molecular complexity index is 1610. The van der Waals surface area contributed by atoms with Crippen molar-refractivity contribution in [3.05, 3.63) is 130 Å². The number of benzene rings is 4. The van der Waals surface area contributed by atoms with Gasteiger partial charge in [-0.25, -0.2) is 4.98 Å². The predicted octanol–water partition coefficient (Wildman–Crippen LogP) is 8.84. The number of carbonyl (C=O) groups is 2. The summed E-state index contributed by atoms with van der Waals surface area (Å²) in [6, 6.07) is 31.2. The maximum atomic E-state index is 13.5. The van der Waals surface area contributed by atoms with Gasteiger partial charge < -0.3 is 10.6 Å². The zero-order chi connectivity index (χ0) is 27.2. The van der Waals surface area contributed by atoms with E-state index in [4.69, 9.17) is 23.2 Å². The Morgan fingerprint density at radius 3 is 2.31 bits per heavy atom. The number of amides is 2. The van der Waals surface area contributed by atoms with Crippen LogP contribution < -0.4 is 10.6 Å². The number of thiazole rings is 1. The lowest BCUT2D eigenvalue weighted by Crippen LogP contribution is -2.19. The summed E-state index contributed by atoms with van der Waals surface area (Å²) in [6.45, 7) is 0. The molecule has 1 aromatic heterocycles. The average molecular weight is 591 g/mol. The molecule has 2 N–H and O–H groups in total. The van der Waals surface area contributed by atoms with Crippen LogP contribution in [0.3, 0.4) is 0 Å². The maximum absolute atomic E-state index is 13.5. The van der Waals surface area contributed by atoms with Crippen molar-refractivity contribution < 1.29 is 9.59 Å². The lowest BCUT2D eigenvalue weighted by molar-refractivity contribution is -0.115. The van der Waals surface area contributed by atoms with Crippen LogP contribution in [0.5, 0.6) is 0 Å². The van der Waals surface area contributed by atoms with Crippen LogP contribution in [-0.4, -0.2) is 16.8 Å². The van der Waals surface area contributed by atoms with Crippen LogP contribution in [0.1, 0.15) is 21.2 Å². The molecule has 0 aliphatic heterocycles. The van der Waals surface area contributed by atoms with Crippen molar-refractivity contribution in [2.24, 2.45) is 0 Å². The van der Waals surface area contributed by atoms with E-state index >= 15 is 0 Å². The molecule has 1 atom stereocenters. The number of carbonyl (C=O) groups excluding carboxylic acids is 2. The molecular formula is C30H21Cl2N3O2S2. The van der Waals surface area contributed by atoms with Crippen molar-refractivity contribution in [2.45, 2.75) is 10.1 Å². The van der Waals surface area contributed by atoms with Gasteiger partial charge in [0.05, 0.1) is 5.69 Å². The summed E-state index contributed by atoms with van der Waals surface area (Å²) in [5.74, 6) is -0.441. The van der Waals surface area contributed by atoms with E-state index in [1.165, 1.54) is 23.1 Å². The first-order chi connectivity index (χ1) is 19.0. The highest BCUT2D eigenvalue weighted by molar-refractivity contribution is 8.00. The molecule has 5 aromatic rings. The Balaban J connectivity index is 1.30. The summed E-state index contributed by atoms with van der Waals surface area (Å²) >= 11 is 15.1. The number of hydrogen-bond donors (Lipinski definition) is 2. The molecule has 0 saturated carbocycles. The van der Waals surface area contributed by atoms with Crippen molar-refractivity contribution in [2.75, 3.05) is 10.6 Å². The fourth-order valence-corrected chi connectivity index (χ4v) is 5.94. The van der Waals surface area contributed by atoms with Gasteiger partial charge in [-0.15, -0.1) is 23.1 Å². The average Bonchev–Trinajstić information content (AvgIpc) is 3.41. The first-order valence-corrected chi connectivity index (χ1v) is 14.4. The minimum absolute atomic E-state index is 0.190. The first kappa shape index (κ1) is 27.0. The molecule has 5 nitrogen and oxygen atoms in total. The molecule has 1 unspecified atom stereocenters. The lowest BCUT2D eigenvalue weighted by Gasteiger charge is -2.16. The van der Waals surface area contributed by atoms with Gasteiger partial charge in [-0.1, -0.05) is 77.8 Å². The molecule has 5 rings (SSSR count). The summed E-state index contributed by atoms with van der Waals surface area (Å²) < 4.78 is 0. The van der Waals surface area contributed by atoms with Crippen LogP contribution in [0.2, 0.25) is 10.0 Å². The van der Waals surface area contributed by atoms with Gasteiger partial charge in [0.1, 0.15) is 5.25 Å². The second-order valence-corrected chi connectivity index (χ2v) is 11.3. The molecule has 0 bridgehead atoms. The SMILES string of the molecule is O=C(Nc1ccc(SC(C(=O)Nc2nc(-c3ccccc3Cl)cs2)c2ccccc2)cc1)c1cccc(Cl)c1. The van der Waals surface area contributed by atoms with Gasteiger partial charge >= 0.3 is 0 Å². The zero-order valence-corrected chi connectivity index (χ0v) is 23.5. The molecule has 9 heteroatoms. The summed E-state index contributed by atoms with van der Waals surface area (Å²) in [5, 5.41) is 8.78. The predicted molar refractivity (Wildman–Crippen MR) is 162 cm³/mol. The van der Waals surface area contributed by atoms with Crippen molar-refractivity contribution in [3.63, 3.8) is 0 Å². The fourth-order valence-electron chi connectivity index (χ4n) is 3.78. The van der Waals surface area contributed by atoms with E-state index in [9.17, 15) is 9.59 Å². The number of thioether (sulfide) groups is 1. The zero-order valence-electron chi connectivity index (χ0n) is 20.3. The molecule has 4 aromatic carbocycles. The van der Waals surface area contributed by atoms with Gasteiger partial charge in [0.2, 0.25) is 5.91 Å². The Morgan fingerprint density at radius 2 is 1.56 bits per heavy atom. The number of rotatable bonds is 8. The molecule has 0 spiro atoms. The molecule has 1 heterocycles. The molecule has 39 heavy (non-hydrogen) atoms. The monoisotopic (exact) mass is 589 g/mol. The molecule has 0 aliphatic rings. The fraction of sp³-hybridized carbons (Fsp3) is 0.0333. The van der Waals surface area contributed by atoms with Crippen molar-refractivity contribution in [3.8, 4) is 11.3 Å². The smallest absolute Gasteiger partial charge is 0.255 e. The number of aromatic nitrogens is 1. The van der Waals surface area contributed by atoms with Crippen LogP contribution in [0.4, 0.5) is 10.8 Å². The summed E-state index contributed by atoms with van der Waals surface area (Å²) in [5.41, 5.74) is 3.50. The van der Waals surface area contributed by atoms with E-state index in [1.807, 2.05) is 72.1 Å². The minimum Gasteiger partial charge on any atom is -0.322 e. The van der Waals surface area contributed by atoms with Crippen LogP contribution in [-0.2, 0) is 4.79 Å². The molecule has 0 saturated heterocycles. The largest absolute Gasteiger partial charge is 0.322 e. The number of hydrogen-bond acceptors (Lipinski definition) is 5. The van der Waals surface area contributed by atoms with Crippen molar-refractivity contribution in [1.29, 1.82) is 0 Å². The number of nitrogens with one attached hydrogen (secondary N) is 2. The van der Waals surface area contributed by atoms with Crippen LogP contribution in [0.15, 0.2) is 113 Å². The molecule has 2 amide bonds. The van der Waals surface area contributed by atoms with Gasteiger partial charge in [-0.3, -0.25) is 9.59 Å². The van der Waals surface area contributed by atoms with E-state index in [0.717, 1.165) is 16.0 Å². The summed E-state index contributed by atoms with van der Waals surface area (Å²) in [4.78, 5) is 31.5. The Labute approximate surface area is 244 Å².